The summed E-state index contributed by atoms with van der Waals surface area (Å²) in [5.74, 6) is 0.830. The number of rotatable bonds is 3. The maximum atomic E-state index is 11.8. The lowest BCUT2D eigenvalue weighted by molar-refractivity contribution is 0.474. The fourth-order valence-corrected chi connectivity index (χ4v) is 2.39. The molecule has 1 unspecified atom stereocenters. The van der Waals surface area contributed by atoms with Gasteiger partial charge in [-0.15, -0.1) is 0 Å². The normalized spacial score (nSPS) is 16.9. The van der Waals surface area contributed by atoms with Crippen LogP contribution in [0.3, 0.4) is 0 Å². The Morgan fingerprint density at radius 2 is 2.10 bits per heavy atom. The zero-order chi connectivity index (χ0) is 14.1. The lowest BCUT2D eigenvalue weighted by atomic mass is 10.1. The molecule has 1 aromatic carbocycles. The van der Waals surface area contributed by atoms with Crippen molar-refractivity contribution in [2.24, 2.45) is 0 Å². The second kappa shape index (κ2) is 4.88. The number of fused-ring (bicyclic) bond motifs is 1. The molecule has 2 N–H and O–H groups in total. The van der Waals surface area contributed by atoms with E-state index in [0.29, 0.717) is 11.5 Å². The lowest BCUT2D eigenvalue weighted by Crippen LogP contribution is -2.28. The average Bonchev–Trinajstić information content (AvgIpc) is 2.81. The Morgan fingerprint density at radius 3 is 2.80 bits per heavy atom. The molecule has 0 saturated heterocycles. The van der Waals surface area contributed by atoms with E-state index in [2.05, 4.69) is 22.2 Å². The van der Waals surface area contributed by atoms with Crippen LogP contribution in [-0.2, 0) is 0 Å². The molecule has 0 fully saturated rings. The van der Waals surface area contributed by atoms with Gasteiger partial charge in [0.25, 0.3) is 5.56 Å². The summed E-state index contributed by atoms with van der Waals surface area (Å²) in [5.41, 5.74) is 1.07. The van der Waals surface area contributed by atoms with Gasteiger partial charge in [-0.1, -0.05) is 19.1 Å². The van der Waals surface area contributed by atoms with Crippen LogP contribution in [0.25, 0.3) is 0 Å². The molecule has 1 aliphatic heterocycles. The summed E-state index contributed by atoms with van der Waals surface area (Å²) in [7, 11) is 0. The monoisotopic (exact) mass is 271 g/mol. The average molecular weight is 271 g/mol. The van der Waals surface area contributed by atoms with Crippen molar-refractivity contribution in [3.05, 3.63) is 46.5 Å². The van der Waals surface area contributed by atoms with Crippen molar-refractivity contribution < 1.29 is 5.11 Å². The van der Waals surface area contributed by atoms with Crippen molar-refractivity contribution >= 4 is 11.5 Å². The molecule has 0 saturated carbocycles. The first kappa shape index (κ1) is 12.5. The number of nitrogens with zero attached hydrogens (tertiary/aromatic N) is 3. The van der Waals surface area contributed by atoms with Gasteiger partial charge in [-0.3, -0.25) is 4.79 Å². The molecule has 0 amide bonds. The summed E-state index contributed by atoms with van der Waals surface area (Å²) in [6.45, 7) is 2.83. The quantitative estimate of drug-likeness (QED) is 0.889. The van der Waals surface area contributed by atoms with E-state index in [9.17, 15) is 9.90 Å². The first-order chi connectivity index (χ1) is 9.70. The number of H-pyrrole nitrogens is 1. The molecule has 3 rings (SSSR count). The van der Waals surface area contributed by atoms with E-state index in [0.717, 1.165) is 18.5 Å². The van der Waals surface area contributed by atoms with Gasteiger partial charge < -0.3 is 15.0 Å². The third-order valence-electron chi connectivity index (χ3n) is 3.28. The Bertz CT molecular complexity index is 666. The summed E-state index contributed by atoms with van der Waals surface area (Å²) < 4.78 is 0. The second-order valence-electron chi connectivity index (χ2n) is 4.69. The van der Waals surface area contributed by atoms with Crippen molar-refractivity contribution in [1.29, 1.82) is 0 Å². The van der Waals surface area contributed by atoms with E-state index in [1.165, 1.54) is 6.33 Å². The van der Waals surface area contributed by atoms with Crippen LogP contribution in [0.5, 0.6) is 5.75 Å². The molecular formula is C14H15N4O2. The maximum absolute atomic E-state index is 11.8. The number of aromatic hydroxyl groups is 1. The predicted octanol–water partition coefficient (Wildman–Crippen LogP) is 1.64. The van der Waals surface area contributed by atoms with Gasteiger partial charge in [0, 0.05) is 6.54 Å². The van der Waals surface area contributed by atoms with Crippen LogP contribution in [0.1, 0.15) is 25.1 Å². The maximum Gasteiger partial charge on any atom is 0.278 e. The van der Waals surface area contributed by atoms with E-state index in [4.69, 9.17) is 0 Å². The Balaban J connectivity index is 2.03. The molecule has 2 heterocycles. The Kier molecular flexibility index (Phi) is 3.06. The molecule has 20 heavy (non-hydrogen) atoms. The lowest BCUT2D eigenvalue weighted by Gasteiger charge is -2.24. The third-order valence-corrected chi connectivity index (χ3v) is 3.28. The Hall–Kier alpha value is -2.50. The van der Waals surface area contributed by atoms with Gasteiger partial charge in [0.15, 0.2) is 11.5 Å². The zero-order valence-electron chi connectivity index (χ0n) is 11.1. The fraction of sp³-hybridized carbons (Fsp3) is 0.286. The number of nitrogens with one attached hydrogen (secondary N) is 1. The van der Waals surface area contributed by atoms with E-state index in [1.54, 1.807) is 12.1 Å². The van der Waals surface area contributed by atoms with Gasteiger partial charge in [0.2, 0.25) is 0 Å². The van der Waals surface area contributed by atoms with Crippen LogP contribution in [0.15, 0.2) is 35.4 Å². The number of phenolic OH excluding ortho intramolecular Hbond substituents is 1. The number of phenols is 1. The van der Waals surface area contributed by atoms with Gasteiger partial charge in [-0.2, -0.15) is 0 Å². The highest BCUT2D eigenvalue weighted by Gasteiger charge is 2.34. The molecule has 0 spiro atoms. The number of anilines is 1. The standard InChI is InChI=1S/C14H15N4O2/c1-2-7-18-12(9-3-5-10(19)6-4-9)17-11-13(18)15-8-16-14(11)20/h3-6,8,12,19H,2,7H2,1H3,(H,15,16,20). The SMILES string of the molecule is CCCN1c2nc[nH]c(=O)c2[N]C1c1ccc(O)cc1. The van der Waals surface area contributed by atoms with Gasteiger partial charge >= 0.3 is 0 Å². The Morgan fingerprint density at radius 1 is 1.35 bits per heavy atom. The molecule has 1 aromatic heterocycles. The van der Waals surface area contributed by atoms with Crippen LogP contribution < -0.4 is 15.8 Å². The smallest absolute Gasteiger partial charge is 0.278 e. The van der Waals surface area contributed by atoms with Gasteiger partial charge in [-0.25, -0.2) is 10.3 Å². The first-order valence-electron chi connectivity index (χ1n) is 6.55. The van der Waals surface area contributed by atoms with Crippen LogP contribution in [-0.4, -0.2) is 21.6 Å². The van der Waals surface area contributed by atoms with Crippen molar-refractivity contribution in [2.75, 3.05) is 11.4 Å². The summed E-state index contributed by atoms with van der Waals surface area (Å²) in [4.78, 5) is 20.6. The third kappa shape index (κ3) is 1.99. The van der Waals surface area contributed by atoms with E-state index < -0.39 is 0 Å². The fourth-order valence-electron chi connectivity index (χ4n) is 2.39. The number of aromatic nitrogens is 2. The molecule has 0 aliphatic carbocycles. The molecule has 103 valence electrons. The molecular weight excluding hydrogens is 256 g/mol. The van der Waals surface area contributed by atoms with E-state index in [-0.39, 0.29) is 17.5 Å². The molecule has 1 atom stereocenters. The molecule has 1 aliphatic rings. The molecule has 2 aromatic rings. The van der Waals surface area contributed by atoms with E-state index >= 15 is 0 Å². The highest BCUT2D eigenvalue weighted by molar-refractivity contribution is 5.66. The molecule has 0 bridgehead atoms. The van der Waals surface area contributed by atoms with Crippen molar-refractivity contribution in [3.63, 3.8) is 0 Å². The van der Waals surface area contributed by atoms with Gasteiger partial charge in [-0.05, 0) is 24.1 Å². The van der Waals surface area contributed by atoms with Crippen LogP contribution in [0, 0.1) is 0 Å². The molecule has 6 nitrogen and oxygen atoms in total. The van der Waals surface area contributed by atoms with Gasteiger partial charge in [0.1, 0.15) is 11.9 Å². The second-order valence-corrected chi connectivity index (χ2v) is 4.69. The van der Waals surface area contributed by atoms with Crippen LogP contribution in [0.2, 0.25) is 0 Å². The Labute approximate surface area is 116 Å². The van der Waals surface area contributed by atoms with Crippen molar-refractivity contribution in [2.45, 2.75) is 19.5 Å². The minimum absolute atomic E-state index is 0.210. The van der Waals surface area contributed by atoms with E-state index in [1.807, 2.05) is 17.0 Å². The topological polar surface area (TPSA) is 83.3 Å². The van der Waals surface area contributed by atoms with Crippen molar-refractivity contribution in [3.8, 4) is 5.75 Å². The minimum atomic E-state index is -0.262. The number of hydrogen-bond acceptors (Lipinski definition) is 4. The number of aromatic amines is 1. The highest BCUT2D eigenvalue weighted by atomic mass is 16.3. The largest absolute Gasteiger partial charge is 0.508 e. The highest BCUT2D eigenvalue weighted by Crippen LogP contribution is 2.37. The number of benzene rings is 1. The molecule has 1 radical (unpaired) electrons. The van der Waals surface area contributed by atoms with Crippen LogP contribution in [0.4, 0.5) is 11.5 Å². The minimum Gasteiger partial charge on any atom is -0.508 e. The van der Waals surface area contributed by atoms with Crippen LogP contribution >= 0.6 is 0 Å². The van der Waals surface area contributed by atoms with Crippen molar-refractivity contribution in [1.82, 2.24) is 15.3 Å². The summed E-state index contributed by atoms with van der Waals surface area (Å²) >= 11 is 0. The zero-order valence-corrected chi connectivity index (χ0v) is 11.1. The summed E-state index contributed by atoms with van der Waals surface area (Å²) in [6, 6.07) is 6.86. The summed E-state index contributed by atoms with van der Waals surface area (Å²) in [5, 5.41) is 13.9. The molecule has 6 heteroatoms. The first-order valence-corrected chi connectivity index (χ1v) is 6.55. The van der Waals surface area contributed by atoms with Gasteiger partial charge in [0.05, 0.1) is 6.33 Å². The number of hydrogen-bond donors (Lipinski definition) is 2. The summed E-state index contributed by atoms with van der Waals surface area (Å²) in [6.07, 6.45) is 2.07. The predicted molar refractivity (Wildman–Crippen MR) is 75.1 cm³/mol.